The topological polar surface area (TPSA) is 87.1 Å². The molecule has 0 aromatic heterocycles. The number of unbranched alkanes of at least 4 members (excludes halogenated alkanes) is 2. The van der Waals surface area contributed by atoms with E-state index in [0.29, 0.717) is 19.6 Å². The number of piperidine rings is 1. The average Bonchev–Trinajstić information content (AvgIpc) is 3.01. The van der Waals surface area contributed by atoms with Gasteiger partial charge in [0.1, 0.15) is 11.8 Å². The van der Waals surface area contributed by atoms with Crippen molar-refractivity contribution in [2.45, 2.75) is 63.8 Å². The van der Waals surface area contributed by atoms with E-state index in [4.69, 9.17) is 4.74 Å². The summed E-state index contributed by atoms with van der Waals surface area (Å²) >= 11 is 0. The zero-order valence-electron chi connectivity index (χ0n) is 24.4. The van der Waals surface area contributed by atoms with Gasteiger partial charge in [-0.3, -0.25) is 9.69 Å². The molecule has 1 heterocycles. The second kappa shape index (κ2) is 16.5. The fraction of sp³-hybridized carbons (Fsp3) is 0.389. The zero-order valence-corrected chi connectivity index (χ0v) is 24.4. The first kappa shape index (κ1) is 31.0. The maximum Gasteiger partial charge on any atom is 0.335 e. The molecule has 0 radical (unpaired) electrons. The summed E-state index contributed by atoms with van der Waals surface area (Å²) in [5, 5.41) is 19.0. The summed E-state index contributed by atoms with van der Waals surface area (Å²) in [4.78, 5) is 25.2. The number of carboxylic acid groups (broad SMARTS) is 2. The number of likely N-dealkylation sites (tertiary alicyclic amines) is 1. The molecule has 6 heteroatoms. The fourth-order valence-corrected chi connectivity index (χ4v) is 5.65. The minimum absolute atomic E-state index is 0.156. The highest BCUT2D eigenvalue weighted by Gasteiger charge is 2.28. The number of rotatable bonds is 16. The van der Waals surface area contributed by atoms with Crippen LogP contribution in [0.15, 0.2) is 84.9 Å². The molecule has 2 atom stereocenters. The number of para-hydroxylation sites is 1. The number of nitrogens with zero attached hydrogens (tertiary/aromatic N) is 1. The van der Waals surface area contributed by atoms with E-state index >= 15 is 0 Å². The molecule has 42 heavy (non-hydrogen) atoms. The number of allylic oxidation sites excluding steroid dienone is 1. The minimum atomic E-state index is -0.935. The van der Waals surface area contributed by atoms with E-state index in [1.165, 1.54) is 5.56 Å². The number of ether oxygens (including phenoxy) is 1. The SMILES string of the molecule is O=C(O)c1ccc(CC(C=Cc2ccccc2OCCCCCc2ccccc2)CCN2CCCCC2C(=O)O)cc1. The van der Waals surface area contributed by atoms with E-state index in [-0.39, 0.29) is 11.5 Å². The van der Waals surface area contributed by atoms with Gasteiger partial charge in [0.2, 0.25) is 0 Å². The summed E-state index contributed by atoms with van der Waals surface area (Å²) in [6, 6.07) is 25.3. The molecule has 0 saturated carbocycles. The number of aryl methyl sites for hydroxylation is 1. The molecule has 3 aromatic carbocycles. The molecule has 1 fully saturated rings. The van der Waals surface area contributed by atoms with Gasteiger partial charge in [-0.15, -0.1) is 0 Å². The Hall–Kier alpha value is -3.90. The van der Waals surface area contributed by atoms with Crippen LogP contribution in [0.2, 0.25) is 0 Å². The van der Waals surface area contributed by atoms with Crippen molar-refractivity contribution in [1.82, 2.24) is 4.90 Å². The molecule has 2 unspecified atom stereocenters. The van der Waals surface area contributed by atoms with E-state index in [9.17, 15) is 19.8 Å². The number of carboxylic acids is 2. The number of hydrogen-bond acceptors (Lipinski definition) is 4. The number of benzene rings is 3. The van der Waals surface area contributed by atoms with E-state index < -0.39 is 18.0 Å². The molecule has 1 aliphatic rings. The molecule has 6 nitrogen and oxygen atoms in total. The zero-order chi connectivity index (χ0) is 29.6. The Morgan fingerprint density at radius 3 is 2.40 bits per heavy atom. The van der Waals surface area contributed by atoms with Crippen molar-refractivity contribution in [3.63, 3.8) is 0 Å². The van der Waals surface area contributed by atoms with Crippen molar-refractivity contribution in [3.05, 3.63) is 107 Å². The lowest BCUT2D eigenvalue weighted by Gasteiger charge is -2.33. The van der Waals surface area contributed by atoms with Gasteiger partial charge in [0, 0.05) is 5.56 Å². The normalized spacial score (nSPS) is 16.3. The molecule has 1 aliphatic heterocycles. The lowest BCUT2D eigenvalue weighted by molar-refractivity contribution is -0.144. The summed E-state index contributed by atoms with van der Waals surface area (Å²) in [5.74, 6) is -0.653. The summed E-state index contributed by atoms with van der Waals surface area (Å²) in [5.41, 5.74) is 3.73. The molecule has 1 saturated heterocycles. The third-order valence-corrected chi connectivity index (χ3v) is 8.06. The van der Waals surface area contributed by atoms with Gasteiger partial charge >= 0.3 is 11.9 Å². The van der Waals surface area contributed by atoms with Crippen LogP contribution in [0.3, 0.4) is 0 Å². The van der Waals surface area contributed by atoms with Crippen molar-refractivity contribution >= 4 is 18.0 Å². The molecule has 0 aliphatic carbocycles. The molecule has 222 valence electrons. The van der Waals surface area contributed by atoms with E-state index in [1.54, 1.807) is 12.1 Å². The van der Waals surface area contributed by atoms with Gasteiger partial charge in [-0.05, 0) is 99.7 Å². The molecule has 4 rings (SSSR count). The highest BCUT2D eigenvalue weighted by Crippen LogP contribution is 2.25. The Morgan fingerprint density at radius 1 is 0.881 bits per heavy atom. The number of aliphatic carboxylic acids is 1. The molecule has 0 spiro atoms. The summed E-state index contributed by atoms with van der Waals surface area (Å²) < 4.78 is 6.19. The Bertz CT molecular complexity index is 1290. The largest absolute Gasteiger partial charge is 0.493 e. The van der Waals surface area contributed by atoms with Gasteiger partial charge in [-0.2, -0.15) is 0 Å². The van der Waals surface area contributed by atoms with E-state index in [0.717, 1.165) is 74.8 Å². The third kappa shape index (κ3) is 9.88. The number of hydrogen-bond donors (Lipinski definition) is 2. The van der Waals surface area contributed by atoms with Crippen molar-refractivity contribution in [2.24, 2.45) is 5.92 Å². The van der Waals surface area contributed by atoms with E-state index in [2.05, 4.69) is 47.4 Å². The third-order valence-electron chi connectivity index (χ3n) is 8.06. The molecular formula is C36H43NO5. The second-order valence-corrected chi connectivity index (χ2v) is 11.2. The van der Waals surface area contributed by atoms with Crippen LogP contribution in [0, 0.1) is 5.92 Å². The highest BCUT2D eigenvalue weighted by atomic mass is 16.5. The van der Waals surface area contributed by atoms with Gasteiger partial charge < -0.3 is 14.9 Å². The lowest BCUT2D eigenvalue weighted by atomic mass is 9.93. The second-order valence-electron chi connectivity index (χ2n) is 11.2. The molecule has 0 amide bonds. The van der Waals surface area contributed by atoms with Crippen molar-refractivity contribution < 1.29 is 24.5 Å². The van der Waals surface area contributed by atoms with Crippen LogP contribution < -0.4 is 4.74 Å². The lowest BCUT2D eigenvalue weighted by Crippen LogP contribution is -2.45. The van der Waals surface area contributed by atoms with Gasteiger partial charge in [-0.25, -0.2) is 4.79 Å². The first-order valence-electron chi connectivity index (χ1n) is 15.2. The first-order valence-corrected chi connectivity index (χ1v) is 15.2. The smallest absolute Gasteiger partial charge is 0.335 e. The Morgan fingerprint density at radius 2 is 1.64 bits per heavy atom. The first-order chi connectivity index (χ1) is 20.5. The predicted octanol–water partition coefficient (Wildman–Crippen LogP) is 7.38. The summed E-state index contributed by atoms with van der Waals surface area (Å²) in [7, 11) is 0. The Balaban J connectivity index is 1.37. The number of aromatic carboxylic acids is 1. The van der Waals surface area contributed by atoms with E-state index in [1.807, 2.05) is 36.4 Å². The van der Waals surface area contributed by atoms with Gasteiger partial charge in [-0.1, -0.05) is 79.2 Å². The Kier molecular flexibility index (Phi) is 12.2. The molecule has 2 N–H and O–H groups in total. The van der Waals surface area contributed by atoms with Gasteiger partial charge in [0.15, 0.2) is 0 Å². The average molecular weight is 570 g/mol. The predicted molar refractivity (Wildman–Crippen MR) is 167 cm³/mol. The Labute approximate surface area is 249 Å². The summed E-state index contributed by atoms with van der Waals surface area (Å²) in [6.07, 6.45) is 12.9. The monoisotopic (exact) mass is 569 g/mol. The molecule has 0 bridgehead atoms. The fourth-order valence-electron chi connectivity index (χ4n) is 5.65. The van der Waals surface area contributed by atoms with Crippen LogP contribution in [0.5, 0.6) is 5.75 Å². The van der Waals surface area contributed by atoms with Crippen molar-refractivity contribution in [1.29, 1.82) is 0 Å². The highest BCUT2D eigenvalue weighted by molar-refractivity contribution is 5.87. The van der Waals surface area contributed by atoms with Crippen LogP contribution >= 0.6 is 0 Å². The maximum absolute atomic E-state index is 11.8. The molecular weight excluding hydrogens is 526 g/mol. The standard InChI is InChI=1S/C36H43NO5/c38-35(39)32-21-18-29(19-22-32)27-30(23-25-37-24-9-8-15-33(37)36(40)41)17-20-31-14-6-7-16-34(31)42-26-10-2-5-13-28-11-3-1-4-12-28/h1,3-4,6-7,11-12,14,16-22,30,33H,2,5,8-10,13,15,23-27H2,(H,38,39)(H,40,41). The van der Waals surface area contributed by atoms with Gasteiger partial charge in [0.05, 0.1) is 12.2 Å². The van der Waals surface area contributed by atoms with Crippen molar-refractivity contribution in [2.75, 3.05) is 19.7 Å². The van der Waals surface area contributed by atoms with Crippen LogP contribution in [0.1, 0.15) is 72.0 Å². The van der Waals surface area contributed by atoms with Crippen LogP contribution in [-0.4, -0.2) is 52.8 Å². The summed E-state index contributed by atoms with van der Waals surface area (Å²) in [6.45, 7) is 2.19. The number of carbonyl (C=O) groups is 2. The minimum Gasteiger partial charge on any atom is -0.493 e. The quantitative estimate of drug-likeness (QED) is 0.175. The van der Waals surface area contributed by atoms with Crippen LogP contribution in [0.25, 0.3) is 6.08 Å². The van der Waals surface area contributed by atoms with Crippen LogP contribution in [-0.2, 0) is 17.6 Å². The maximum atomic E-state index is 11.8. The molecule has 3 aromatic rings. The van der Waals surface area contributed by atoms with Crippen molar-refractivity contribution in [3.8, 4) is 5.75 Å². The van der Waals surface area contributed by atoms with Gasteiger partial charge in [0.25, 0.3) is 0 Å². The van der Waals surface area contributed by atoms with Crippen LogP contribution in [0.4, 0.5) is 0 Å².